The fourth-order valence-corrected chi connectivity index (χ4v) is 2.60. The van der Waals surface area contributed by atoms with Gasteiger partial charge >= 0.3 is 0 Å². The topological polar surface area (TPSA) is 62.6 Å². The first-order valence-electron chi connectivity index (χ1n) is 7.72. The minimum Gasteiger partial charge on any atom is -0.451 e. The molecule has 1 aromatic heterocycles. The van der Waals surface area contributed by atoms with E-state index in [1.807, 2.05) is 12.1 Å². The van der Waals surface area contributed by atoms with Crippen molar-refractivity contribution in [2.24, 2.45) is 0 Å². The molecule has 0 atom stereocenters. The van der Waals surface area contributed by atoms with Gasteiger partial charge in [-0.2, -0.15) is 0 Å². The second-order valence-electron chi connectivity index (χ2n) is 5.87. The fraction of sp³-hybridized carbons (Fsp3) is 0.158. The molecule has 0 saturated carbocycles. The van der Waals surface area contributed by atoms with Crippen LogP contribution in [0.4, 0.5) is 0 Å². The van der Waals surface area contributed by atoms with E-state index in [9.17, 15) is 9.59 Å². The first-order chi connectivity index (χ1) is 11.9. The summed E-state index contributed by atoms with van der Waals surface area (Å²) in [5.41, 5.74) is 2.11. The summed E-state index contributed by atoms with van der Waals surface area (Å²) in [6.07, 6.45) is 0. The van der Waals surface area contributed by atoms with E-state index in [4.69, 9.17) is 16.0 Å². The number of amides is 2. The lowest BCUT2D eigenvalue weighted by atomic mass is 10.1. The van der Waals surface area contributed by atoms with Crippen molar-refractivity contribution in [1.82, 2.24) is 10.2 Å². The summed E-state index contributed by atoms with van der Waals surface area (Å²) in [6.45, 7) is 0.340. The summed E-state index contributed by atoms with van der Waals surface area (Å²) in [4.78, 5) is 25.6. The Kier molecular flexibility index (Phi) is 4.76. The molecule has 0 unspecified atom stereocenters. The zero-order valence-corrected chi connectivity index (χ0v) is 14.6. The molecule has 3 aromatic rings. The van der Waals surface area contributed by atoms with Gasteiger partial charge < -0.3 is 14.6 Å². The first kappa shape index (κ1) is 17.0. The molecule has 25 heavy (non-hydrogen) atoms. The predicted molar refractivity (Wildman–Crippen MR) is 96.9 cm³/mol. The van der Waals surface area contributed by atoms with E-state index in [0.717, 1.165) is 10.9 Å². The van der Waals surface area contributed by atoms with Crippen molar-refractivity contribution in [3.63, 3.8) is 0 Å². The number of nitrogens with zero attached hydrogens (tertiary/aromatic N) is 1. The Bertz CT molecular complexity index is 929. The SMILES string of the molecule is CN(C)C(=O)c1ccc(CNC(=O)c2cc3cc(Cl)ccc3o2)cc1. The normalized spacial score (nSPS) is 10.7. The van der Waals surface area contributed by atoms with Crippen molar-refractivity contribution in [2.75, 3.05) is 14.1 Å². The summed E-state index contributed by atoms with van der Waals surface area (Å²) in [7, 11) is 3.41. The van der Waals surface area contributed by atoms with E-state index in [1.165, 1.54) is 4.90 Å². The van der Waals surface area contributed by atoms with Crippen LogP contribution in [0.25, 0.3) is 11.0 Å². The third-order valence-electron chi connectivity index (χ3n) is 3.76. The molecule has 6 heteroatoms. The summed E-state index contributed by atoms with van der Waals surface area (Å²) < 4.78 is 5.53. The van der Waals surface area contributed by atoms with E-state index in [-0.39, 0.29) is 17.6 Å². The van der Waals surface area contributed by atoms with Gasteiger partial charge in [-0.05, 0) is 42.0 Å². The van der Waals surface area contributed by atoms with E-state index < -0.39 is 0 Å². The van der Waals surface area contributed by atoms with Gasteiger partial charge in [-0.25, -0.2) is 0 Å². The van der Waals surface area contributed by atoms with Crippen LogP contribution in [-0.4, -0.2) is 30.8 Å². The van der Waals surface area contributed by atoms with Crippen molar-refractivity contribution in [1.29, 1.82) is 0 Å². The largest absolute Gasteiger partial charge is 0.451 e. The molecule has 0 bridgehead atoms. The molecule has 3 rings (SSSR count). The zero-order valence-electron chi connectivity index (χ0n) is 13.9. The number of carbonyl (C=O) groups is 2. The molecular weight excluding hydrogens is 340 g/mol. The number of nitrogens with one attached hydrogen (secondary N) is 1. The monoisotopic (exact) mass is 356 g/mol. The molecule has 0 saturated heterocycles. The van der Waals surface area contributed by atoms with Crippen molar-refractivity contribution in [2.45, 2.75) is 6.54 Å². The minimum absolute atomic E-state index is 0.0588. The standard InChI is InChI=1S/C19H17ClN2O3/c1-22(2)19(24)13-5-3-12(4-6-13)11-21-18(23)17-10-14-9-15(20)7-8-16(14)25-17/h3-10H,11H2,1-2H3,(H,21,23). The Labute approximate surface area is 150 Å². The van der Waals surface area contributed by atoms with Gasteiger partial charge in [0.25, 0.3) is 11.8 Å². The molecule has 0 spiro atoms. The quantitative estimate of drug-likeness (QED) is 0.775. The second-order valence-corrected chi connectivity index (χ2v) is 6.31. The molecule has 0 radical (unpaired) electrons. The highest BCUT2D eigenvalue weighted by molar-refractivity contribution is 6.31. The maximum atomic E-state index is 12.2. The number of hydrogen-bond donors (Lipinski definition) is 1. The van der Waals surface area contributed by atoms with Crippen LogP contribution in [-0.2, 0) is 6.54 Å². The number of benzene rings is 2. The minimum atomic E-state index is -0.305. The van der Waals surface area contributed by atoms with Crippen LogP contribution in [0.5, 0.6) is 0 Å². The van der Waals surface area contributed by atoms with Crippen LogP contribution < -0.4 is 5.32 Å². The molecule has 128 valence electrons. The highest BCUT2D eigenvalue weighted by Gasteiger charge is 2.13. The Morgan fingerprint density at radius 3 is 2.48 bits per heavy atom. The van der Waals surface area contributed by atoms with Crippen LogP contribution in [0.2, 0.25) is 5.02 Å². The van der Waals surface area contributed by atoms with Gasteiger partial charge in [0, 0.05) is 36.6 Å². The van der Waals surface area contributed by atoms with E-state index in [1.54, 1.807) is 50.5 Å². The highest BCUT2D eigenvalue weighted by Crippen LogP contribution is 2.23. The predicted octanol–water partition coefficient (Wildman–Crippen LogP) is 3.72. The van der Waals surface area contributed by atoms with Gasteiger partial charge in [0.05, 0.1) is 0 Å². The Morgan fingerprint density at radius 2 is 1.80 bits per heavy atom. The van der Waals surface area contributed by atoms with Gasteiger partial charge in [-0.15, -0.1) is 0 Å². The van der Waals surface area contributed by atoms with Crippen molar-refractivity contribution in [3.05, 3.63) is 70.4 Å². The van der Waals surface area contributed by atoms with E-state index >= 15 is 0 Å². The smallest absolute Gasteiger partial charge is 0.287 e. The van der Waals surface area contributed by atoms with Crippen LogP contribution in [0.1, 0.15) is 26.5 Å². The van der Waals surface area contributed by atoms with Gasteiger partial charge in [0.1, 0.15) is 5.58 Å². The molecule has 1 heterocycles. The third kappa shape index (κ3) is 3.83. The van der Waals surface area contributed by atoms with E-state index in [0.29, 0.717) is 22.7 Å². The van der Waals surface area contributed by atoms with Crippen molar-refractivity contribution >= 4 is 34.4 Å². The number of carbonyl (C=O) groups excluding carboxylic acids is 2. The molecule has 2 aromatic carbocycles. The summed E-state index contributed by atoms with van der Waals surface area (Å²) in [6, 6.07) is 14.0. The summed E-state index contributed by atoms with van der Waals surface area (Å²) in [5, 5.41) is 4.17. The highest BCUT2D eigenvalue weighted by atomic mass is 35.5. The van der Waals surface area contributed by atoms with Crippen LogP contribution in [0, 0.1) is 0 Å². The number of fused-ring (bicyclic) bond motifs is 1. The first-order valence-corrected chi connectivity index (χ1v) is 8.10. The zero-order chi connectivity index (χ0) is 18.0. The molecule has 0 aliphatic heterocycles. The lowest BCUT2D eigenvalue weighted by molar-refractivity contribution is 0.0827. The van der Waals surface area contributed by atoms with Gasteiger partial charge in [0.15, 0.2) is 5.76 Å². The number of halogens is 1. The van der Waals surface area contributed by atoms with Crippen LogP contribution in [0.3, 0.4) is 0 Å². The van der Waals surface area contributed by atoms with Gasteiger partial charge in [0.2, 0.25) is 0 Å². The summed E-state index contributed by atoms with van der Waals surface area (Å²) in [5.74, 6) is -0.131. The maximum Gasteiger partial charge on any atom is 0.287 e. The maximum absolute atomic E-state index is 12.2. The third-order valence-corrected chi connectivity index (χ3v) is 4.00. The Hall–Kier alpha value is -2.79. The average Bonchev–Trinajstić information content (AvgIpc) is 3.02. The molecule has 5 nitrogen and oxygen atoms in total. The van der Waals surface area contributed by atoms with Crippen LogP contribution in [0.15, 0.2) is 52.9 Å². The average molecular weight is 357 g/mol. The molecule has 2 amide bonds. The van der Waals surface area contributed by atoms with Crippen molar-refractivity contribution < 1.29 is 14.0 Å². The van der Waals surface area contributed by atoms with Gasteiger partial charge in [-0.3, -0.25) is 9.59 Å². The summed E-state index contributed by atoms with van der Waals surface area (Å²) >= 11 is 5.93. The molecule has 0 aliphatic rings. The Balaban J connectivity index is 1.66. The number of hydrogen-bond acceptors (Lipinski definition) is 3. The molecular formula is C19H17ClN2O3. The lowest BCUT2D eigenvalue weighted by Crippen LogP contribution is -2.23. The second kappa shape index (κ2) is 6.99. The van der Waals surface area contributed by atoms with Gasteiger partial charge in [-0.1, -0.05) is 23.7 Å². The van der Waals surface area contributed by atoms with E-state index in [2.05, 4.69) is 5.32 Å². The number of rotatable bonds is 4. The molecule has 0 fully saturated rings. The number of furan rings is 1. The van der Waals surface area contributed by atoms with Crippen LogP contribution >= 0.6 is 11.6 Å². The Morgan fingerprint density at radius 1 is 1.08 bits per heavy atom. The molecule has 0 aliphatic carbocycles. The fourth-order valence-electron chi connectivity index (χ4n) is 2.42. The lowest BCUT2D eigenvalue weighted by Gasteiger charge is -2.10. The van der Waals surface area contributed by atoms with Crippen molar-refractivity contribution in [3.8, 4) is 0 Å². The molecule has 1 N–H and O–H groups in total.